The van der Waals surface area contributed by atoms with Crippen LogP contribution >= 0.6 is 0 Å². The number of aromatic hydroxyl groups is 4. The quantitative estimate of drug-likeness (QED) is 0.0250. The van der Waals surface area contributed by atoms with Gasteiger partial charge in [0.05, 0.1) is 50.1 Å². The first-order valence-electron chi connectivity index (χ1n) is 28.0. The molecule has 11 rings (SSSR count). The third-order valence-corrected chi connectivity index (χ3v) is 18.0. The lowest BCUT2D eigenvalue weighted by Crippen LogP contribution is -2.03. The minimum atomic E-state index is -5.50. The maximum Gasteiger partial charge on any atom is 0.337 e. The second-order valence-electron chi connectivity index (χ2n) is 21.1. The monoisotopic (exact) mass is 1390 g/mol. The largest absolute Gasteiger partial charge is 0.507 e. The first kappa shape index (κ1) is 66.8. The predicted octanol–water partition coefficient (Wildman–Crippen LogP) is 16.7. The van der Waals surface area contributed by atoms with E-state index in [2.05, 4.69) is 56.5 Å². The number of fused-ring (bicyclic) bond motifs is 4. The van der Waals surface area contributed by atoms with Gasteiger partial charge in [-0.05, 0) is 145 Å². The van der Waals surface area contributed by atoms with Crippen LogP contribution in [0.3, 0.4) is 0 Å². The van der Waals surface area contributed by atoms with Crippen molar-refractivity contribution in [3.05, 3.63) is 175 Å². The predicted molar refractivity (Wildman–Crippen MR) is 353 cm³/mol. The number of phenols is 4. The van der Waals surface area contributed by atoms with Crippen molar-refractivity contribution in [2.75, 3.05) is 11.9 Å². The highest BCUT2D eigenvalue weighted by molar-refractivity contribution is 7.87. The number of carboxylic acid groups (broad SMARTS) is 1. The summed E-state index contributed by atoms with van der Waals surface area (Å²) in [5.74, 6) is -3.80. The fraction of sp³-hybridized carbons (Fsp3) is 0.0635. The van der Waals surface area contributed by atoms with Gasteiger partial charge in [0, 0.05) is 44.8 Å². The normalized spacial score (nSPS) is 12.7. The number of hydrogen-bond donors (Lipinski definition) is 10. The molecule has 492 valence electrons. The van der Waals surface area contributed by atoms with Crippen LogP contribution in [0.1, 0.15) is 29.3 Å². The van der Waals surface area contributed by atoms with Crippen molar-refractivity contribution in [3.63, 3.8) is 0 Å². The Labute approximate surface area is 548 Å². The molecule has 0 saturated heterocycles. The maximum absolute atomic E-state index is 13.5. The lowest BCUT2D eigenvalue weighted by molar-refractivity contribution is 0.0697. The van der Waals surface area contributed by atoms with Crippen molar-refractivity contribution in [2.45, 2.75) is 39.9 Å². The molecular weight excluding hydrogens is 1340 g/mol. The van der Waals surface area contributed by atoms with E-state index in [9.17, 15) is 82.2 Å². The number of carboxylic acids is 1. The standard InChI is InChI=1S/C63H47N11O19S4/c1-3-23-93-54-31-50(70-72-52-28-37(94(81,82)83)26-34-27-38(95(84,85)86)29-53(75)56(34)52)32(2)24-51(54)71-74-58-55(96(87,88)89)30-44-42(61(58)78)18-22-49(62(44)97(90,91)92)69-73-57-40-16-21-48(60(77)41(40)17-20-46(57)64-35-9-5-4-6-10-35)67-65-36-14-15-39-33(25-36)13-19-47(59(39)76)68-66-45-12-8-7-11-43(45)63(79)80/h4-22,24-31,64,75-78H,3,23H2,1-2H3,(H,79,80)(H,81,82,83)(H,84,85,86)(H,87,88,89)(H,90,91,92). The van der Waals surface area contributed by atoms with Crippen LogP contribution in [-0.4, -0.2) is 90.0 Å². The lowest BCUT2D eigenvalue weighted by atomic mass is 10.0. The summed E-state index contributed by atoms with van der Waals surface area (Å²) in [4.78, 5) is 7.74. The molecule has 0 fully saturated rings. The van der Waals surface area contributed by atoms with Gasteiger partial charge in [0.2, 0.25) is 0 Å². The smallest absolute Gasteiger partial charge is 0.337 e. The number of anilines is 2. The van der Waals surface area contributed by atoms with Crippen molar-refractivity contribution < 1.29 is 86.9 Å². The van der Waals surface area contributed by atoms with E-state index in [-0.39, 0.29) is 90.6 Å². The molecule has 34 heteroatoms. The highest BCUT2D eigenvalue weighted by Crippen LogP contribution is 2.49. The zero-order valence-electron chi connectivity index (χ0n) is 49.7. The van der Waals surface area contributed by atoms with Gasteiger partial charge in [-0.25, -0.2) is 4.79 Å². The van der Waals surface area contributed by atoms with Crippen LogP contribution in [-0.2, 0) is 40.5 Å². The van der Waals surface area contributed by atoms with Gasteiger partial charge >= 0.3 is 5.97 Å². The summed E-state index contributed by atoms with van der Waals surface area (Å²) < 4.78 is 149. The molecule has 0 bridgehead atoms. The molecule has 0 saturated carbocycles. The van der Waals surface area contributed by atoms with Gasteiger partial charge in [-0.3, -0.25) is 18.2 Å². The van der Waals surface area contributed by atoms with Crippen LogP contribution in [0.15, 0.2) is 235 Å². The number of phenolic OH excluding ortho intramolecular Hbond substituents is 4. The summed E-state index contributed by atoms with van der Waals surface area (Å²) in [6, 6.07) is 36.9. The van der Waals surface area contributed by atoms with Gasteiger partial charge in [0.1, 0.15) is 61.1 Å². The average Bonchev–Trinajstić information content (AvgIpc) is 0.749. The van der Waals surface area contributed by atoms with E-state index in [0.29, 0.717) is 40.7 Å². The molecule has 30 nitrogen and oxygen atoms in total. The summed E-state index contributed by atoms with van der Waals surface area (Å²) >= 11 is 0. The zero-order chi connectivity index (χ0) is 69.5. The van der Waals surface area contributed by atoms with Crippen LogP contribution in [0.5, 0.6) is 28.7 Å². The van der Waals surface area contributed by atoms with E-state index in [4.69, 9.17) is 4.74 Å². The molecule has 0 aliphatic rings. The van der Waals surface area contributed by atoms with Crippen molar-refractivity contribution in [3.8, 4) is 28.7 Å². The third-order valence-electron chi connectivity index (χ3n) is 14.6. The third kappa shape index (κ3) is 14.1. The Bertz CT molecular complexity index is 5780. The second kappa shape index (κ2) is 26.3. The number of azo groups is 5. The molecule has 0 aliphatic heterocycles. The number of para-hydroxylation sites is 1. The molecule has 0 atom stereocenters. The number of benzene rings is 11. The van der Waals surface area contributed by atoms with E-state index in [0.717, 1.165) is 30.3 Å². The van der Waals surface area contributed by atoms with Gasteiger partial charge in [-0.2, -0.15) is 43.9 Å². The summed E-state index contributed by atoms with van der Waals surface area (Å²) in [6.07, 6.45) is 0.407. The number of rotatable bonds is 20. The van der Waals surface area contributed by atoms with Crippen LogP contribution in [0.25, 0.3) is 43.1 Å². The Morgan fingerprint density at radius 1 is 0.454 bits per heavy atom. The second-order valence-corrected chi connectivity index (χ2v) is 26.7. The Kier molecular flexibility index (Phi) is 18.1. The van der Waals surface area contributed by atoms with Crippen molar-refractivity contribution in [1.29, 1.82) is 0 Å². The molecule has 0 amide bonds. The number of aryl methyl sites for hydroxylation is 1. The summed E-state index contributed by atoms with van der Waals surface area (Å²) in [7, 11) is -20.9. The molecule has 0 heterocycles. The van der Waals surface area contributed by atoms with Gasteiger partial charge < -0.3 is 35.6 Å². The van der Waals surface area contributed by atoms with Crippen LogP contribution in [0, 0.1) is 6.92 Å². The van der Waals surface area contributed by atoms with E-state index in [1.165, 1.54) is 67.6 Å². The van der Waals surface area contributed by atoms with Crippen LogP contribution in [0.4, 0.5) is 68.2 Å². The molecule has 10 N–H and O–H groups in total. The molecule has 0 spiro atoms. The lowest BCUT2D eigenvalue weighted by Gasteiger charge is -2.14. The molecular formula is C63H47N11O19S4. The molecule has 11 aromatic carbocycles. The summed E-state index contributed by atoms with van der Waals surface area (Å²) in [5.41, 5.74) is -0.812. The van der Waals surface area contributed by atoms with Gasteiger partial charge in [-0.1, -0.05) is 43.3 Å². The summed E-state index contributed by atoms with van der Waals surface area (Å²) in [5, 5.41) is 99.4. The SMILES string of the molecule is CCCOc1cc(N=Nc2cc(S(=O)(=O)O)cc3cc(S(=O)(=O)O)cc(O)c23)c(C)cc1N=Nc1c(S(=O)(=O)O)cc2c(S(=O)(=O)O)c(N=Nc3c(Nc4ccccc4)ccc4c(O)c(N=Nc5ccc6c(O)c(N=Nc7ccccc7C(=O)O)ccc6c5)ccc34)ccc2c1O. The Balaban J connectivity index is 0.943. The fourth-order valence-corrected chi connectivity index (χ4v) is 12.6. The Morgan fingerprint density at radius 3 is 1.71 bits per heavy atom. The topological polar surface area (TPSA) is 481 Å². The highest BCUT2D eigenvalue weighted by Gasteiger charge is 2.29. The van der Waals surface area contributed by atoms with E-state index >= 15 is 0 Å². The number of aromatic carboxylic acids is 1. The average molecular weight is 1390 g/mol. The van der Waals surface area contributed by atoms with Crippen molar-refractivity contribution >= 4 is 158 Å². The highest BCUT2D eigenvalue weighted by atomic mass is 32.2. The Morgan fingerprint density at radius 2 is 1.02 bits per heavy atom. The van der Waals surface area contributed by atoms with Crippen molar-refractivity contribution in [2.24, 2.45) is 51.1 Å². The maximum atomic E-state index is 13.5. The molecule has 0 unspecified atom stereocenters. The van der Waals surface area contributed by atoms with E-state index in [1.54, 1.807) is 67.6 Å². The zero-order valence-corrected chi connectivity index (χ0v) is 53.0. The first-order chi connectivity index (χ1) is 46.0. The number of carbonyl (C=O) groups is 1. The number of hydrogen-bond acceptors (Lipinski definition) is 25. The minimum absolute atomic E-state index is 0.00951. The van der Waals surface area contributed by atoms with Crippen LogP contribution in [0.2, 0.25) is 0 Å². The molecule has 97 heavy (non-hydrogen) atoms. The summed E-state index contributed by atoms with van der Waals surface area (Å²) in [6.45, 7) is 3.24. The van der Waals surface area contributed by atoms with Gasteiger partial charge in [0.25, 0.3) is 40.5 Å². The molecule has 0 radical (unpaired) electrons. The van der Waals surface area contributed by atoms with E-state index < -0.39 is 111 Å². The molecule has 0 aliphatic carbocycles. The molecule has 11 aromatic rings. The first-order valence-corrected chi connectivity index (χ1v) is 33.8. The number of nitrogens with one attached hydrogen (secondary N) is 1. The number of ether oxygens (including phenoxy) is 1. The minimum Gasteiger partial charge on any atom is -0.507 e. The van der Waals surface area contributed by atoms with Crippen molar-refractivity contribution in [1.82, 2.24) is 0 Å². The molecule has 0 aromatic heterocycles. The van der Waals surface area contributed by atoms with Gasteiger partial charge in [-0.15, -0.1) is 40.9 Å². The fourth-order valence-electron chi connectivity index (χ4n) is 10.0. The van der Waals surface area contributed by atoms with E-state index in [1.807, 2.05) is 0 Å². The van der Waals surface area contributed by atoms with Gasteiger partial charge in [0.15, 0.2) is 17.2 Å². The Hall–Kier alpha value is -11.6. The number of nitrogens with zero attached hydrogens (tertiary/aromatic N) is 10. The van der Waals surface area contributed by atoms with Crippen LogP contribution < -0.4 is 10.1 Å².